The smallest absolute Gasteiger partial charge is 0.161 e. The van der Waals surface area contributed by atoms with Crippen LogP contribution in [-0.2, 0) is 13.0 Å². The van der Waals surface area contributed by atoms with Gasteiger partial charge in [-0.3, -0.25) is 4.90 Å². The number of ether oxygens (including phenoxy) is 2. The van der Waals surface area contributed by atoms with Gasteiger partial charge in [0.2, 0.25) is 0 Å². The molecule has 1 aliphatic rings. The molecule has 1 aromatic carbocycles. The Hall–Kier alpha value is -1.26. The van der Waals surface area contributed by atoms with Gasteiger partial charge in [0, 0.05) is 25.7 Å². The van der Waals surface area contributed by atoms with E-state index in [2.05, 4.69) is 30.9 Å². The average Bonchev–Trinajstić information content (AvgIpc) is 2.52. The summed E-state index contributed by atoms with van der Waals surface area (Å²) in [4.78, 5) is 2.45. The van der Waals surface area contributed by atoms with Gasteiger partial charge in [0.15, 0.2) is 11.5 Å². The van der Waals surface area contributed by atoms with Crippen molar-refractivity contribution in [3.63, 3.8) is 0 Å². The van der Waals surface area contributed by atoms with Gasteiger partial charge >= 0.3 is 0 Å². The Morgan fingerprint density at radius 2 is 1.81 bits per heavy atom. The second-order valence-electron chi connectivity index (χ2n) is 6.01. The molecule has 4 nitrogen and oxygen atoms in total. The molecule has 2 atom stereocenters. The van der Waals surface area contributed by atoms with E-state index in [4.69, 9.17) is 15.2 Å². The Morgan fingerprint density at radius 1 is 1.19 bits per heavy atom. The normalized spacial score (nSPS) is 18.0. The summed E-state index contributed by atoms with van der Waals surface area (Å²) in [7, 11) is 3.37. The van der Waals surface area contributed by atoms with E-state index in [1.54, 1.807) is 14.2 Å². The maximum atomic E-state index is 6.29. The van der Waals surface area contributed by atoms with Crippen molar-refractivity contribution in [3.05, 3.63) is 23.3 Å². The van der Waals surface area contributed by atoms with Gasteiger partial charge in [-0.1, -0.05) is 20.3 Å². The largest absolute Gasteiger partial charge is 0.493 e. The van der Waals surface area contributed by atoms with Crippen molar-refractivity contribution < 1.29 is 9.47 Å². The molecule has 0 amide bonds. The van der Waals surface area contributed by atoms with Crippen LogP contribution in [0.5, 0.6) is 11.5 Å². The predicted octanol–water partition coefficient (Wildman–Crippen LogP) is 2.44. The average molecular weight is 292 g/mol. The molecule has 0 radical (unpaired) electrons. The van der Waals surface area contributed by atoms with Gasteiger partial charge in [0.25, 0.3) is 0 Å². The van der Waals surface area contributed by atoms with Gasteiger partial charge in [-0.15, -0.1) is 0 Å². The van der Waals surface area contributed by atoms with Gasteiger partial charge < -0.3 is 15.2 Å². The molecule has 1 unspecified atom stereocenters. The van der Waals surface area contributed by atoms with Crippen LogP contribution in [0.1, 0.15) is 31.4 Å². The molecule has 0 spiro atoms. The highest BCUT2D eigenvalue weighted by atomic mass is 16.5. The van der Waals surface area contributed by atoms with Crippen molar-refractivity contribution >= 4 is 0 Å². The minimum absolute atomic E-state index is 0.247. The van der Waals surface area contributed by atoms with Crippen LogP contribution in [0.15, 0.2) is 12.1 Å². The summed E-state index contributed by atoms with van der Waals surface area (Å²) in [6, 6.07) is 4.46. The zero-order chi connectivity index (χ0) is 15.4. The molecule has 0 saturated heterocycles. The Labute approximate surface area is 128 Å². The summed E-state index contributed by atoms with van der Waals surface area (Å²) in [6.45, 7) is 7.40. The van der Waals surface area contributed by atoms with E-state index in [1.165, 1.54) is 11.1 Å². The quantitative estimate of drug-likeness (QED) is 0.875. The first-order valence-corrected chi connectivity index (χ1v) is 7.80. The topological polar surface area (TPSA) is 47.7 Å². The number of hydrogen-bond donors (Lipinski definition) is 1. The fourth-order valence-corrected chi connectivity index (χ4v) is 2.88. The van der Waals surface area contributed by atoms with Crippen molar-refractivity contribution in [1.29, 1.82) is 0 Å². The molecule has 0 bridgehead atoms. The highest BCUT2D eigenvalue weighted by molar-refractivity contribution is 5.48. The Bertz CT molecular complexity index is 476. The Balaban J connectivity index is 2.09. The van der Waals surface area contributed by atoms with Crippen LogP contribution in [0.25, 0.3) is 0 Å². The molecule has 1 aliphatic heterocycles. The third kappa shape index (κ3) is 3.69. The predicted molar refractivity (Wildman–Crippen MR) is 86.0 cm³/mol. The number of nitrogens with zero attached hydrogens (tertiary/aromatic N) is 1. The number of methoxy groups -OCH3 is 2. The van der Waals surface area contributed by atoms with Crippen LogP contribution in [0.4, 0.5) is 0 Å². The first kappa shape index (κ1) is 16.1. The summed E-state index contributed by atoms with van der Waals surface area (Å²) in [6.07, 6.45) is 2.18. The zero-order valence-electron chi connectivity index (χ0n) is 13.7. The monoisotopic (exact) mass is 292 g/mol. The van der Waals surface area contributed by atoms with E-state index in [1.807, 2.05) is 0 Å². The molecule has 0 aromatic heterocycles. The Morgan fingerprint density at radius 3 is 2.38 bits per heavy atom. The van der Waals surface area contributed by atoms with Crippen LogP contribution in [-0.4, -0.2) is 38.3 Å². The maximum Gasteiger partial charge on any atom is 0.161 e. The first-order valence-electron chi connectivity index (χ1n) is 7.80. The number of nitrogens with two attached hydrogens (primary N) is 1. The van der Waals surface area contributed by atoms with Crippen molar-refractivity contribution in [1.82, 2.24) is 4.90 Å². The molecule has 2 rings (SSSR count). The fourth-order valence-electron chi connectivity index (χ4n) is 2.88. The summed E-state index contributed by atoms with van der Waals surface area (Å²) >= 11 is 0. The minimum atomic E-state index is 0.247. The maximum absolute atomic E-state index is 6.29. The molecule has 2 N–H and O–H groups in total. The SMILES string of the molecule is CCC(C)[C@H](N)CN1CCc2cc(OC)c(OC)cc2C1. The number of rotatable bonds is 6. The van der Waals surface area contributed by atoms with Gasteiger partial charge in [0.05, 0.1) is 14.2 Å². The minimum Gasteiger partial charge on any atom is -0.493 e. The van der Waals surface area contributed by atoms with Gasteiger partial charge in [-0.2, -0.15) is 0 Å². The molecular weight excluding hydrogens is 264 g/mol. The third-order valence-electron chi connectivity index (χ3n) is 4.64. The van der Waals surface area contributed by atoms with Crippen LogP contribution >= 0.6 is 0 Å². The molecule has 1 aromatic rings. The van der Waals surface area contributed by atoms with Gasteiger partial charge in [-0.25, -0.2) is 0 Å². The van der Waals surface area contributed by atoms with Crippen molar-refractivity contribution in [2.75, 3.05) is 27.3 Å². The van der Waals surface area contributed by atoms with E-state index in [0.717, 1.165) is 44.0 Å². The summed E-state index contributed by atoms with van der Waals surface area (Å²) < 4.78 is 10.8. The molecule has 0 aliphatic carbocycles. The van der Waals surface area contributed by atoms with Crippen LogP contribution in [0.3, 0.4) is 0 Å². The number of benzene rings is 1. The summed E-state index contributed by atoms with van der Waals surface area (Å²) in [5.41, 5.74) is 8.98. The molecular formula is C17H28N2O2. The number of hydrogen-bond acceptors (Lipinski definition) is 4. The van der Waals surface area contributed by atoms with Crippen LogP contribution < -0.4 is 15.2 Å². The van der Waals surface area contributed by atoms with Crippen molar-refractivity contribution in [2.45, 2.75) is 39.3 Å². The van der Waals surface area contributed by atoms with E-state index < -0.39 is 0 Å². The van der Waals surface area contributed by atoms with E-state index in [0.29, 0.717) is 5.92 Å². The summed E-state index contributed by atoms with van der Waals surface area (Å²) in [5.74, 6) is 2.20. The molecule has 21 heavy (non-hydrogen) atoms. The molecule has 0 saturated carbocycles. The second-order valence-corrected chi connectivity index (χ2v) is 6.01. The fraction of sp³-hybridized carbons (Fsp3) is 0.647. The lowest BCUT2D eigenvalue weighted by Crippen LogP contribution is -2.43. The van der Waals surface area contributed by atoms with E-state index >= 15 is 0 Å². The first-order chi connectivity index (χ1) is 10.1. The van der Waals surface area contributed by atoms with E-state index in [9.17, 15) is 0 Å². The van der Waals surface area contributed by atoms with E-state index in [-0.39, 0.29) is 6.04 Å². The van der Waals surface area contributed by atoms with Crippen LogP contribution in [0, 0.1) is 5.92 Å². The molecule has 0 fully saturated rings. The van der Waals surface area contributed by atoms with Gasteiger partial charge in [0.1, 0.15) is 0 Å². The van der Waals surface area contributed by atoms with Gasteiger partial charge in [-0.05, 0) is 35.6 Å². The van der Waals surface area contributed by atoms with Crippen LogP contribution in [0.2, 0.25) is 0 Å². The second kappa shape index (κ2) is 7.14. The standard InChI is InChI=1S/C17H28N2O2/c1-5-12(2)15(18)11-19-7-6-13-8-16(20-3)17(21-4)9-14(13)10-19/h8-9,12,15H,5-7,10-11,18H2,1-4H3/t12?,15-/m1/s1. The third-order valence-corrected chi connectivity index (χ3v) is 4.64. The Kier molecular flexibility index (Phi) is 5.48. The highest BCUT2D eigenvalue weighted by Crippen LogP contribution is 2.33. The molecule has 1 heterocycles. The molecule has 118 valence electrons. The lowest BCUT2D eigenvalue weighted by Gasteiger charge is -2.32. The lowest BCUT2D eigenvalue weighted by molar-refractivity contribution is 0.215. The highest BCUT2D eigenvalue weighted by Gasteiger charge is 2.22. The number of fused-ring (bicyclic) bond motifs is 1. The van der Waals surface area contributed by atoms with Crippen molar-refractivity contribution in [3.8, 4) is 11.5 Å². The zero-order valence-corrected chi connectivity index (χ0v) is 13.7. The summed E-state index contributed by atoms with van der Waals surface area (Å²) in [5, 5.41) is 0. The van der Waals surface area contributed by atoms with Crippen molar-refractivity contribution in [2.24, 2.45) is 11.7 Å². The molecule has 4 heteroatoms. The lowest BCUT2D eigenvalue weighted by atomic mass is 9.96.